The molecular formula is C16H18N6O2S. The van der Waals surface area contributed by atoms with Gasteiger partial charge in [0.2, 0.25) is 0 Å². The van der Waals surface area contributed by atoms with Gasteiger partial charge in [0.1, 0.15) is 4.88 Å². The number of likely N-dealkylation sites (tertiary alicyclic amines) is 1. The number of carbonyl (C=O) groups is 1. The number of aromatic nitrogens is 5. The highest BCUT2D eigenvalue weighted by molar-refractivity contribution is 7.07. The number of nitrogens with zero attached hydrogens (tertiary/aromatic N) is 5. The molecular weight excluding hydrogens is 340 g/mol. The molecule has 1 fully saturated rings. The Morgan fingerprint density at radius 3 is 2.84 bits per heavy atom. The number of nitrogens with one attached hydrogen (secondary N) is 1. The van der Waals surface area contributed by atoms with Gasteiger partial charge in [-0.3, -0.25) is 14.7 Å². The van der Waals surface area contributed by atoms with Crippen LogP contribution in [0.3, 0.4) is 0 Å². The Morgan fingerprint density at radius 2 is 2.12 bits per heavy atom. The number of fused-ring (bicyclic) bond motifs is 1. The number of amides is 1. The number of H-pyrrole nitrogens is 1. The van der Waals surface area contributed by atoms with Crippen molar-refractivity contribution in [1.29, 1.82) is 0 Å². The average Bonchev–Trinajstić information content (AvgIpc) is 3.30. The van der Waals surface area contributed by atoms with E-state index in [9.17, 15) is 9.59 Å². The van der Waals surface area contributed by atoms with Crippen molar-refractivity contribution in [2.75, 3.05) is 6.54 Å². The minimum absolute atomic E-state index is 0.0543. The summed E-state index contributed by atoms with van der Waals surface area (Å²) in [7, 11) is 0. The molecule has 0 spiro atoms. The summed E-state index contributed by atoms with van der Waals surface area (Å²) in [5.41, 5.74) is 3.31. The van der Waals surface area contributed by atoms with Gasteiger partial charge < -0.3 is 4.90 Å². The molecule has 0 bridgehead atoms. The van der Waals surface area contributed by atoms with Crippen molar-refractivity contribution in [2.24, 2.45) is 0 Å². The topological polar surface area (TPSA) is 96.2 Å². The van der Waals surface area contributed by atoms with Gasteiger partial charge in [-0.05, 0) is 45.1 Å². The molecule has 1 atom stereocenters. The lowest BCUT2D eigenvalue weighted by atomic mass is 10.1. The van der Waals surface area contributed by atoms with Crippen molar-refractivity contribution < 1.29 is 4.79 Å². The first-order valence-corrected chi connectivity index (χ1v) is 8.93. The molecule has 0 unspecified atom stereocenters. The number of hydrogen-bond donors (Lipinski definition) is 1. The van der Waals surface area contributed by atoms with Gasteiger partial charge in [0.15, 0.2) is 5.65 Å². The molecule has 8 nitrogen and oxygen atoms in total. The van der Waals surface area contributed by atoms with Gasteiger partial charge in [-0.1, -0.05) is 4.49 Å². The van der Waals surface area contributed by atoms with E-state index >= 15 is 0 Å². The second kappa shape index (κ2) is 5.76. The van der Waals surface area contributed by atoms with Crippen molar-refractivity contribution in [2.45, 2.75) is 39.7 Å². The number of carbonyl (C=O) groups excluding carboxylic acids is 1. The van der Waals surface area contributed by atoms with E-state index < -0.39 is 0 Å². The SMILES string of the molecule is Cc1nnsc1C(=O)N1CCC[C@H]1c1cc2nc(C)c(C)c(=O)n2[nH]1. The molecule has 0 radical (unpaired) electrons. The van der Waals surface area contributed by atoms with Gasteiger partial charge in [0.05, 0.1) is 17.4 Å². The average molecular weight is 358 g/mol. The van der Waals surface area contributed by atoms with E-state index in [1.165, 1.54) is 4.52 Å². The fourth-order valence-electron chi connectivity index (χ4n) is 3.30. The predicted molar refractivity (Wildman–Crippen MR) is 92.9 cm³/mol. The van der Waals surface area contributed by atoms with Crippen LogP contribution in [0.15, 0.2) is 10.9 Å². The third-order valence-corrected chi connectivity index (χ3v) is 5.64. The molecule has 0 aliphatic carbocycles. The zero-order chi connectivity index (χ0) is 17.7. The predicted octanol–water partition coefficient (Wildman–Crippen LogP) is 1.78. The van der Waals surface area contributed by atoms with Crippen LogP contribution in [0, 0.1) is 20.8 Å². The van der Waals surface area contributed by atoms with E-state index in [1.54, 1.807) is 13.8 Å². The highest BCUT2D eigenvalue weighted by atomic mass is 32.1. The monoisotopic (exact) mass is 358 g/mol. The van der Waals surface area contributed by atoms with Crippen molar-refractivity contribution in [3.8, 4) is 0 Å². The normalized spacial score (nSPS) is 17.6. The largest absolute Gasteiger partial charge is 0.329 e. The van der Waals surface area contributed by atoms with Crippen molar-refractivity contribution in [3.05, 3.63) is 43.9 Å². The molecule has 1 aliphatic heterocycles. The smallest absolute Gasteiger partial charge is 0.275 e. The summed E-state index contributed by atoms with van der Waals surface area (Å²) in [4.78, 5) is 32.2. The number of aromatic amines is 1. The first-order chi connectivity index (χ1) is 12.0. The fourth-order valence-corrected chi connectivity index (χ4v) is 3.91. The molecule has 0 aromatic carbocycles. The maximum Gasteiger partial charge on any atom is 0.275 e. The van der Waals surface area contributed by atoms with Gasteiger partial charge in [0.25, 0.3) is 11.5 Å². The molecule has 1 amide bonds. The van der Waals surface area contributed by atoms with E-state index in [0.29, 0.717) is 28.3 Å². The second-order valence-corrected chi connectivity index (χ2v) is 7.13. The maximum atomic E-state index is 12.9. The summed E-state index contributed by atoms with van der Waals surface area (Å²) in [5.74, 6) is -0.0543. The molecule has 4 rings (SSSR count). The molecule has 9 heteroatoms. The van der Waals surface area contributed by atoms with E-state index in [2.05, 4.69) is 19.7 Å². The molecule has 130 valence electrons. The molecule has 4 heterocycles. The Bertz CT molecular complexity index is 1030. The second-order valence-electron chi connectivity index (χ2n) is 6.38. The van der Waals surface area contributed by atoms with Crippen LogP contribution in [0.2, 0.25) is 0 Å². The number of aryl methyl sites for hydroxylation is 2. The Kier molecular flexibility index (Phi) is 3.68. The van der Waals surface area contributed by atoms with E-state index in [-0.39, 0.29) is 17.5 Å². The lowest BCUT2D eigenvalue weighted by Crippen LogP contribution is -2.30. The van der Waals surface area contributed by atoms with Crippen LogP contribution in [0.5, 0.6) is 0 Å². The van der Waals surface area contributed by atoms with Gasteiger partial charge in [0, 0.05) is 23.9 Å². The van der Waals surface area contributed by atoms with Crippen molar-refractivity contribution in [3.63, 3.8) is 0 Å². The van der Waals surface area contributed by atoms with Crippen molar-refractivity contribution >= 4 is 23.1 Å². The van der Waals surface area contributed by atoms with Crippen LogP contribution in [-0.4, -0.2) is 41.5 Å². The molecule has 3 aromatic heterocycles. The fraction of sp³-hybridized carbons (Fsp3) is 0.438. The molecule has 25 heavy (non-hydrogen) atoms. The van der Waals surface area contributed by atoms with Crippen LogP contribution < -0.4 is 5.56 Å². The summed E-state index contributed by atoms with van der Waals surface area (Å²) in [6.07, 6.45) is 1.76. The number of hydrogen-bond acceptors (Lipinski definition) is 6. The third-order valence-electron chi connectivity index (χ3n) is 4.82. The van der Waals surface area contributed by atoms with Gasteiger partial charge in [-0.25, -0.2) is 9.50 Å². The first-order valence-electron chi connectivity index (χ1n) is 8.16. The summed E-state index contributed by atoms with van der Waals surface area (Å²) in [6, 6.07) is 1.76. The minimum atomic E-state index is -0.105. The zero-order valence-corrected chi connectivity index (χ0v) is 15.1. The lowest BCUT2D eigenvalue weighted by Gasteiger charge is -2.23. The van der Waals surface area contributed by atoms with Crippen LogP contribution in [0.4, 0.5) is 0 Å². The Labute approximate surface area is 147 Å². The summed E-state index contributed by atoms with van der Waals surface area (Å²) in [5, 5.41) is 7.07. The van der Waals surface area contributed by atoms with Crippen LogP contribution in [-0.2, 0) is 0 Å². The first kappa shape index (κ1) is 15.9. The van der Waals surface area contributed by atoms with Crippen LogP contribution >= 0.6 is 11.5 Å². The summed E-state index contributed by atoms with van der Waals surface area (Å²) < 4.78 is 5.32. The molecule has 0 saturated carbocycles. The summed E-state index contributed by atoms with van der Waals surface area (Å²) >= 11 is 1.12. The Hall–Kier alpha value is -2.55. The van der Waals surface area contributed by atoms with Gasteiger partial charge >= 0.3 is 0 Å². The minimum Gasteiger partial charge on any atom is -0.329 e. The number of rotatable bonds is 2. The summed E-state index contributed by atoms with van der Waals surface area (Å²) in [6.45, 7) is 6.06. The molecule has 1 N–H and O–H groups in total. The van der Waals surface area contributed by atoms with Gasteiger partial charge in [-0.15, -0.1) is 5.10 Å². The zero-order valence-electron chi connectivity index (χ0n) is 14.2. The Morgan fingerprint density at radius 1 is 1.32 bits per heavy atom. The quantitative estimate of drug-likeness (QED) is 0.753. The van der Waals surface area contributed by atoms with Crippen molar-refractivity contribution in [1.82, 2.24) is 29.1 Å². The molecule has 3 aromatic rings. The maximum absolute atomic E-state index is 12.9. The molecule has 1 aliphatic rings. The van der Waals surface area contributed by atoms with Crippen LogP contribution in [0.25, 0.3) is 5.65 Å². The van der Waals surface area contributed by atoms with E-state index in [1.807, 2.05) is 17.9 Å². The Balaban J connectivity index is 1.75. The van der Waals surface area contributed by atoms with Crippen LogP contribution in [0.1, 0.15) is 51.2 Å². The highest BCUT2D eigenvalue weighted by Crippen LogP contribution is 2.33. The van der Waals surface area contributed by atoms with Gasteiger partial charge in [-0.2, -0.15) is 0 Å². The standard InChI is InChI=1S/C16H18N6O2S/c1-8-9(2)17-13-7-11(19-22(13)15(8)23)12-5-4-6-21(12)16(24)14-10(3)18-20-25-14/h7,12,19H,4-6H2,1-3H3/t12-/m0/s1. The van der Waals surface area contributed by atoms with E-state index in [0.717, 1.165) is 35.8 Å². The van der Waals surface area contributed by atoms with E-state index in [4.69, 9.17) is 0 Å². The lowest BCUT2D eigenvalue weighted by molar-refractivity contribution is 0.0736. The highest BCUT2D eigenvalue weighted by Gasteiger charge is 2.33. The molecule has 1 saturated heterocycles. The third kappa shape index (κ3) is 2.46.